The molecule has 0 aliphatic heterocycles. The second-order valence-corrected chi connectivity index (χ2v) is 9.46. The van der Waals surface area contributed by atoms with Gasteiger partial charge in [0.05, 0.1) is 7.11 Å². The number of methoxy groups -OCH3 is 1. The Morgan fingerprint density at radius 2 is 1.73 bits per heavy atom. The first-order chi connectivity index (χ1) is 15.7. The highest BCUT2D eigenvalue weighted by Gasteiger charge is 2.14. The number of anilines is 1. The fourth-order valence-corrected chi connectivity index (χ4v) is 4.72. The summed E-state index contributed by atoms with van der Waals surface area (Å²) in [6.45, 7) is 8.12. The number of halogens is 1. The van der Waals surface area contributed by atoms with E-state index in [1.807, 2.05) is 50.2 Å². The number of aryl methyl sites for hydroxylation is 4. The van der Waals surface area contributed by atoms with Crippen LogP contribution >= 0.6 is 22.6 Å². The van der Waals surface area contributed by atoms with Crippen LogP contribution in [-0.2, 0) is 11.2 Å². The van der Waals surface area contributed by atoms with E-state index in [2.05, 4.69) is 60.0 Å². The van der Waals surface area contributed by atoms with Crippen LogP contribution in [0.4, 0.5) is 5.69 Å². The molecule has 168 valence electrons. The van der Waals surface area contributed by atoms with Crippen molar-refractivity contribution in [2.45, 2.75) is 34.1 Å². The van der Waals surface area contributed by atoms with Crippen LogP contribution in [0.1, 0.15) is 38.9 Å². The van der Waals surface area contributed by atoms with E-state index in [0.29, 0.717) is 5.69 Å². The molecule has 1 N–H and O–H groups in total. The number of carbonyl (C=O) groups excluding carboxylic acids is 1. The zero-order valence-corrected chi connectivity index (χ0v) is 21.7. The Morgan fingerprint density at radius 1 is 1.03 bits per heavy atom. The van der Waals surface area contributed by atoms with Crippen molar-refractivity contribution in [3.63, 3.8) is 0 Å². The van der Waals surface area contributed by atoms with Crippen LogP contribution in [0.25, 0.3) is 6.08 Å². The summed E-state index contributed by atoms with van der Waals surface area (Å²) in [5.74, 6) is 0.303. The van der Waals surface area contributed by atoms with E-state index < -0.39 is 5.91 Å². The van der Waals surface area contributed by atoms with E-state index in [-0.39, 0.29) is 5.57 Å². The molecule has 3 aromatic carbocycles. The van der Waals surface area contributed by atoms with Crippen LogP contribution in [0.3, 0.4) is 0 Å². The van der Waals surface area contributed by atoms with Gasteiger partial charge in [-0.15, -0.1) is 0 Å². The molecule has 0 aromatic heterocycles. The molecule has 0 bridgehead atoms. The first-order valence-corrected chi connectivity index (χ1v) is 11.7. The molecule has 0 atom stereocenters. The third-order valence-corrected chi connectivity index (χ3v) is 6.33. The highest BCUT2D eigenvalue weighted by molar-refractivity contribution is 14.1. The minimum atomic E-state index is -0.433. The van der Waals surface area contributed by atoms with Crippen LogP contribution in [0, 0.1) is 42.6 Å². The maximum absolute atomic E-state index is 12.8. The zero-order chi connectivity index (χ0) is 24.1. The molecule has 0 radical (unpaired) electrons. The molecule has 1 amide bonds. The summed E-state index contributed by atoms with van der Waals surface area (Å²) >= 11 is 2.29. The second-order valence-electron chi connectivity index (χ2n) is 8.30. The van der Waals surface area contributed by atoms with Gasteiger partial charge < -0.3 is 10.1 Å². The van der Waals surface area contributed by atoms with Crippen molar-refractivity contribution in [3.8, 4) is 11.8 Å². The fourth-order valence-electron chi connectivity index (χ4n) is 3.90. The number of benzene rings is 3. The Kier molecular flexibility index (Phi) is 7.93. The van der Waals surface area contributed by atoms with Crippen molar-refractivity contribution < 1.29 is 9.53 Å². The Bertz CT molecular complexity index is 1270. The van der Waals surface area contributed by atoms with Gasteiger partial charge >= 0.3 is 0 Å². The van der Waals surface area contributed by atoms with Gasteiger partial charge in [-0.25, -0.2) is 0 Å². The molecular formula is C28H27IN2O2. The number of hydrogen-bond donors (Lipinski definition) is 1. The third kappa shape index (κ3) is 6.23. The highest BCUT2D eigenvalue weighted by atomic mass is 127. The lowest BCUT2D eigenvalue weighted by atomic mass is 9.98. The lowest BCUT2D eigenvalue weighted by molar-refractivity contribution is -0.112. The van der Waals surface area contributed by atoms with E-state index >= 15 is 0 Å². The molecule has 0 fully saturated rings. The van der Waals surface area contributed by atoms with Crippen molar-refractivity contribution in [2.75, 3.05) is 12.4 Å². The second kappa shape index (κ2) is 10.7. The molecule has 0 unspecified atom stereocenters. The lowest BCUT2D eigenvalue weighted by Crippen LogP contribution is -2.14. The van der Waals surface area contributed by atoms with Crippen molar-refractivity contribution in [1.29, 1.82) is 5.26 Å². The Labute approximate surface area is 209 Å². The van der Waals surface area contributed by atoms with Crippen molar-refractivity contribution in [2.24, 2.45) is 0 Å². The highest BCUT2D eigenvalue weighted by Crippen LogP contribution is 2.30. The largest absolute Gasteiger partial charge is 0.496 e. The van der Waals surface area contributed by atoms with E-state index in [4.69, 9.17) is 4.74 Å². The van der Waals surface area contributed by atoms with Crippen LogP contribution in [0.5, 0.6) is 5.75 Å². The average molecular weight is 550 g/mol. The smallest absolute Gasteiger partial charge is 0.266 e. The summed E-state index contributed by atoms with van der Waals surface area (Å²) in [5.41, 5.74) is 8.30. The van der Waals surface area contributed by atoms with Crippen molar-refractivity contribution >= 4 is 40.3 Å². The fraction of sp³-hybridized carbons (Fsp3) is 0.214. The van der Waals surface area contributed by atoms with Gasteiger partial charge in [0, 0.05) is 21.2 Å². The topological polar surface area (TPSA) is 62.1 Å². The number of ether oxygens (including phenoxy) is 1. The normalized spacial score (nSPS) is 11.1. The predicted octanol–water partition coefficient (Wildman–Crippen LogP) is 6.67. The molecule has 0 aliphatic rings. The molecule has 0 heterocycles. The minimum absolute atomic E-state index is 0.0369. The Balaban J connectivity index is 1.90. The van der Waals surface area contributed by atoms with Gasteiger partial charge in [-0.3, -0.25) is 4.79 Å². The number of carbonyl (C=O) groups is 1. The number of nitrogens with one attached hydrogen (secondary N) is 1. The molecule has 0 saturated carbocycles. The predicted molar refractivity (Wildman–Crippen MR) is 143 cm³/mol. The molecular weight excluding hydrogens is 523 g/mol. The SMILES string of the molecule is COc1cc(/C=C(\C#N)C(=O)Nc2ccc(C)cc2C)cc(I)c1Cc1cc(C)cc(C)c1. The molecule has 4 nitrogen and oxygen atoms in total. The average Bonchev–Trinajstić information content (AvgIpc) is 2.74. The summed E-state index contributed by atoms with van der Waals surface area (Å²) in [5, 5.41) is 12.5. The van der Waals surface area contributed by atoms with Crippen molar-refractivity contribution in [1.82, 2.24) is 0 Å². The quantitative estimate of drug-likeness (QED) is 0.212. The molecule has 33 heavy (non-hydrogen) atoms. The monoisotopic (exact) mass is 550 g/mol. The van der Waals surface area contributed by atoms with Gasteiger partial charge in [-0.2, -0.15) is 5.26 Å². The standard InChI is InChI=1S/C28H27IN2O2/c1-17-6-7-26(20(4)9-17)31-28(32)23(16-30)12-22-14-25(29)24(27(15-22)33-5)13-21-10-18(2)8-19(3)11-21/h6-12,14-15H,13H2,1-5H3,(H,31,32)/b23-12+. The van der Waals surface area contributed by atoms with Gasteiger partial charge in [-0.05, 0) is 91.3 Å². The van der Waals surface area contributed by atoms with Crippen LogP contribution in [-0.4, -0.2) is 13.0 Å². The van der Waals surface area contributed by atoms with E-state index in [1.54, 1.807) is 13.2 Å². The lowest BCUT2D eigenvalue weighted by Gasteiger charge is -2.14. The maximum Gasteiger partial charge on any atom is 0.266 e. The molecule has 0 spiro atoms. The Hall–Kier alpha value is -3.11. The Morgan fingerprint density at radius 3 is 2.33 bits per heavy atom. The molecule has 3 aromatic rings. The third-order valence-electron chi connectivity index (χ3n) is 5.37. The number of rotatable bonds is 6. The van der Waals surface area contributed by atoms with Gasteiger partial charge in [0.2, 0.25) is 0 Å². The van der Waals surface area contributed by atoms with Gasteiger partial charge in [-0.1, -0.05) is 47.0 Å². The van der Waals surface area contributed by atoms with E-state index in [9.17, 15) is 10.1 Å². The number of amides is 1. The number of hydrogen-bond acceptors (Lipinski definition) is 3. The van der Waals surface area contributed by atoms with Crippen LogP contribution in [0.15, 0.2) is 54.1 Å². The number of nitrogens with zero attached hydrogens (tertiary/aromatic N) is 1. The molecule has 0 saturated heterocycles. The van der Waals surface area contributed by atoms with E-state index in [1.165, 1.54) is 16.7 Å². The summed E-state index contributed by atoms with van der Waals surface area (Å²) in [6, 6.07) is 18.2. The number of nitriles is 1. The van der Waals surface area contributed by atoms with Crippen LogP contribution in [0.2, 0.25) is 0 Å². The molecule has 3 rings (SSSR count). The molecule has 5 heteroatoms. The first kappa shape index (κ1) is 24.5. The summed E-state index contributed by atoms with van der Waals surface area (Å²) < 4.78 is 6.70. The maximum atomic E-state index is 12.8. The summed E-state index contributed by atoms with van der Waals surface area (Å²) in [7, 11) is 1.64. The summed E-state index contributed by atoms with van der Waals surface area (Å²) in [6.07, 6.45) is 2.34. The zero-order valence-electron chi connectivity index (χ0n) is 19.5. The minimum Gasteiger partial charge on any atom is -0.496 e. The van der Waals surface area contributed by atoms with Crippen LogP contribution < -0.4 is 10.1 Å². The first-order valence-electron chi connectivity index (χ1n) is 10.6. The molecule has 0 aliphatic carbocycles. The van der Waals surface area contributed by atoms with Gasteiger partial charge in [0.15, 0.2) is 0 Å². The van der Waals surface area contributed by atoms with Gasteiger partial charge in [0.25, 0.3) is 5.91 Å². The van der Waals surface area contributed by atoms with Crippen molar-refractivity contribution in [3.05, 3.63) is 96.6 Å². The van der Waals surface area contributed by atoms with E-state index in [0.717, 1.165) is 38.0 Å². The summed E-state index contributed by atoms with van der Waals surface area (Å²) in [4.78, 5) is 12.8. The van der Waals surface area contributed by atoms with Gasteiger partial charge in [0.1, 0.15) is 17.4 Å².